The van der Waals surface area contributed by atoms with E-state index in [-0.39, 0.29) is 26.1 Å². The number of likely N-dealkylation sites (N-methyl/N-ethyl adjacent to an activating group) is 1. The molecule has 0 aliphatic heterocycles. The summed E-state index contributed by atoms with van der Waals surface area (Å²) < 4.78 is 34.4. The second-order valence-corrected chi connectivity index (χ2v) is 27.7. The molecule has 0 saturated carbocycles. The Balaban J connectivity index is 4.14. The summed E-state index contributed by atoms with van der Waals surface area (Å²) in [6, 6.07) is 0. The fourth-order valence-corrected chi connectivity index (χ4v) is 10.5. The second kappa shape index (κ2) is 77.2. The van der Waals surface area contributed by atoms with Gasteiger partial charge in [0, 0.05) is 12.8 Å². The highest BCUT2D eigenvalue weighted by atomic mass is 31.2. The third-order valence-corrected chi connectivity index (χ3v) is 16.6. The maximum Gasteiger partial charge on any atom is 0.306 e. The molecule has 0 radical (unpaired) electrons. The highest BCUT2D eigenvalue weighted by molar-refractivity contribution is 7.45. The zero-order valence-corrected chi connectivity index (χ0v) is 64.7. The SMILES string of the molecule is CC/C=C\C/C=C\C/C=C\C/C=C\C/C=C\C/C=C\C/C=C\C/C=C\C/C=C\C/C=C\CCCCCCCCCCC(=O)OC(COC(=O)CCCCCCCCCCC/C=C\C/C=C\C/C=C\C/C=C\C/C=C\C/C=C\C/C=C\C/C=C\C/C=C\CC)COP(=O)([O-])OCC[N+](C)(C)C. The maximum atomic E-state index is 12.9. The van der Waals surface area contributed by atoms with Gasteiger partial charge in [0.05, 0.1) is 27.7 Å². The van der Waals surface area contributed by atoms with Crippen LogP contribution < -0.4 is 4.89 Å². The van der Waals surface area contributed by atoms with Gasteiger partial charge in [-0.2, -0.15) is 0 Å². The van der Waals surface area contributed by atoms with E-state index < -0.39 is 32.5 Å². The van der Waals surface area contributed by atoms with E-state index in [0.29, 0.717) is 23.9 Å². The van der Waals surface area contributed by atoms with Gasteiger partial charge in [0.15, 0.2) is 6.10 Å². The van der Waals surface area contributed by atoms with Crippen molar-refractivity contribution in [3.05, 3.63) is 231 Å². The highest BCUT2D eigenvalue weighted by Crippen LogP contribution is 2.38. The number of hydrogen-bond donors (Lipinski definition) is 0. The molecular weight excluding hydrogens is 1250 g/mol. The molecule has 2 unspecified atom stereocenters. The molecule has 0 amide bonds. The summed E-state index contributed by atoms with van der Waals surface area (Å²) in [7, 11) is 1.13. The standard InChI is InChI=1S/C90H142NO8P/c1-6-8-10-12-14-16-18-20-22-24-26-28-30-32-34-36-38-40-42-44-45-47-49-51-53-55-57-59-61-63-65-67-69-71-73-75-77-79-81-83-90(93)99-88(87-98-100(94,95)97-85-84-91(3,4)5)86-96-89(92)82-80-78-76-74-72-70-68-66-64-62-60-58-56-54-52-50-48-46-43-41-39-37-35-33-31-29-27-25-23-21-19-17-15-13-11-9-7-2/h8-11,14-17,20-23,26-29,32-35,38-41,44-46,48-49,51-52,54-55,57-58,60-61,63,88H,6-7,12-13,18-19,24-25,30-31,36-37,42-43,47,50,53,56,59,62,64-87H2,1-5H3/b10-8-,11-9-,16-14-,17-15-,22-20-,23-21-,28-26-,29-27-,34-32-,35-33-,40-38-,41-39-,45-44-,48-46-,51-49-,54-52-,57-55-,60-58-,63-61-. The van der Waals surface area contributed by atoms with Crippen LogP contribution in [0.3, 0.4) is 0 Å². The van der Waals surface area contributed by atoms with Crippen molar-refractivity contribution in [2.24, 2.45) is 0 Å². The lowest BCUT2D eigenvalue weighted by molar-refractivity contribution is -0.870. The van der Waals surface area contributed by atoms with Crippen molar-refractivity contribution in [1.82, 2.24) is 0 Å². The van der Waals surface area contributed by atoms with Gasteiger partial charge in [-0.05, 0) is 161 Å². The Bertz CT molecular complexity index is 2550. The van der Waals surface area contributed by atoms with E-state index in [1.807, 2.05) is 21.1 Å². The van der Waals surface area contributed by atoms with Crippen LogP contribution in [0.5, 0.6) is 0 Å². The van der Waals surface area contributed by atoms with Crippen molar-refractivity contribution >= 4 is 19.8 Å². The first-order valence-corrected chi connectivity index (χ1v) is 40.6. The van der Waals surface area contributed by atoms with Gasteiger partial charge >= 0.3 is 11.9 Å². The topological polar surface area (TPSA) is 111 Å². The predicted octanol–water partition coefficient (Wildman–Crippen LogP) is 25.9. The number of carbonyl (C=O) groups excluding carboxylic acids is 2. The molecule has 0 aliphatic rings. The van der Waals surface area contributed by atoms with Gasteiger partial charge in [0.25, 0.3) is 7.82 Å². The first kappa shape index (κ1) is 94.1. The van der Waals surface area contributed by atoms with Crippen LogP contribution in [0.1, 0.15) is 271 Å². The molecule has 0 aromatic rings. The average Bonchev–Trinajstić information content (AvgIpc) is 1.07. The van der Waals surface area contributed by atoms with Crippen molar-refractivity contribution in [2.75, 3.05) is 47.5 Å². The summed E-state index contributed by atoms with van der Waals surface area (Å²) in [6.07, 6.45) is 124. The number of esters is 2. The minimum absolute atomic E-state index is 0.0456. The highest BCUT2D eigenvalue weighted by Gasteiger charge is 2.22. The Hall–Kier alpha value is -5.93. The first-order valence-electron chi connectivity index (χ1n) is 39.1. The number of unbranched alkanes of at least 4 members (excludes halogenated alkanes) is 17. The van der Waals surface area contributed by atoms with Gasteiger partial charge in [-0.25, -0.2) is 0 Å². The average molecular weight is 1400 g/mol. The molecule has 100 heavy (non-hydrogen) atoms. The number of rotatable bonds is 69. The van der Waals surface area contributed by atoms with Crippen molar-refractivity contribution in [3.8, 4) is 0 Å². The number of phosphoric acid groups is 1. The Labute approximate surface area is 613 Å². The quantitative estimate of drug-likeness (QED) is 0.0195. The normalized spacial score (nSPS) is 14.3. The number of ether oxygens (including phenoxy) is 2. The molecule has 560 valence electrons. The summed E-state index contributed by atoms with van der Waals surface area (Å²) in [5.74, 6) is -0.864. The number of phosphoric ester groups is 1. The van der Waals surface area contributed by atoms with Crippen LogP contribution in [0.25, 0.3) is 0 Å². The van der Waals surface area contributed by atoms with Crippen molar-refractivity contribution < 1.29 is 42.1 Å². The molecule has 9 nitrogen and oxygen atoms in total. The minimum atomic E-state index is -4.67. The number of nitrogens with zero attached hydrogens (tertiary/aromatic N) is 1. The van der Waals surface area contributed by atoms with E-state index in [0.717, 1.165) is 173 Å². The third kappa shape index (κ3) is 81.0. The summed E-state index contributed by atoms with van der Waals surface area (Å²) in [5.41, 5.74) is 0. The van der Waals surface area contributed by atoms with Gasteiger partial charge < -0.3 is 27.9 Å². The largest absolute Gasteiger partial charge is 0.756 e. The van der Waals surface area contributed by atoms with E-state index in [4.69, 9.17) is 18.5 Å². The molecule has 10 heteroatoms. The van der Waals surface area contributed by atoms with Crippen LogP contribution in [0.4, 0.5) is 0 Å². The molecule has 0 aromatic heterocycles. The van der Waals surface area contributed by atoms with Gasteiger partial charge in [0.1, 0.15) is 19.8 Å². The molecule has 0 aromatic carbocycles. The lowest BCUT2D eigenvalue weighted by atomic mass is 10.1. The van der Waals surface area contributed by atoms with Crippen molar-refractivity contribution in [3.63, 3.8) is 0 Å². The molecule has 0 N–H and O–H groups in total. The summed E-state index contributed by atoms with van der Waals surface area (Å²) in [6.45, 7) is 3.97. The summed E-state index contributed by atoms with van der Waals surface area (Å²) in [4.78, 5) is 38.2. The van der Waals surface area contributed by atoms with Gasteiger partial charge in [-0.15, -0.1) is 0 Å². The van der Waals surface area contributed by atoms with Gasteiger partial charge in [-0.1, -0.05) is 328 Å². The second-order valence-electron chi connectivity index (χ2n) is 26.3. The maximum absolute atomic E-state index is 12.9. The van der Waals surface area contributed by atoms with E-state index >= 15 is 0 Å². The molecule has 2 atom stereocenters. The first-order chi connectivity index (χ1) is 49.0. The van der Waals surface area contributed by atoms with Gasteiger partial charge in [0.2, 0.25) is 0 Å². The predicted molar refractivity (Wildman–Crippen MR) is 433 cm³/mol. The smallest absolute Gasteiger partial charge is 0.306 e. The summed E-state index contributed by atoms with van der Waals surface area (Å²) in [5, 5.41) is 0. The summed E-state index contributed by atoms with van der Waals surface area (Å²) >= 11 is 0. The Morgan fingerprint density at radius 3 is 0.800 bits per heavy atom. The zero-order chi connectivity index (χ0) is 72.5. The fraction of sp³-hybridized carbons (Fsp3) is 0.556. The van der Waals surface area contributed by atoms with Crippen LogP contribution in [0, 0.1) is 0 Å². The molecule has 0 aliphatic carbocycles. The van der Waals surface area contributed by atoms with Crippen molar-refractivity contribution in [2.45, 2.75) is 277 Å². The molecular formula is C90H142NO8P. The van der Waals surface area contributed by atoms with Crippen LogP contribution >= 0.6 is 7.82 Å². The van der Waals surface area contributed by atoms with Crippen molar-refractivity contribution in [1.29, 1.82) is 0 Å². The molecule has 0 heterocycles. The number of quaternary nitrogens is 1. The number of carbonyl (C=O) groups is 2. The van der Waals surface area contributed by atoms with Crippen LogP contribution in [0.2, 0.25) is 0 Å². The zero-order valence-electron chi connectivity index (χ0n) is 63.8. The number of hydrogen-bond acceptors (Lipinski definition) is 8. The number of allylic oxidation sites excluding steroid dienone is 38. The molecule has 0 fully saturated rings. The van der Waals surface area contributed by atoms with E-state index in [1.54, 1.807) is 0 Å². The molecule has 0 saturated heterocycles. The van der Waals surface area contributed by atoms with Gasteiger partial charge in [-0.3, -0.25) is 14.2 Å². The van der Waals surface area contributed by atoms with E-state index in [9.17, 15) is 19.0 Å². The Morgan fingerprint density at radius 1 is 0.310 bits per heavy atom. The van der Waals surface area contributed by atoms with E-state index in [1.165, 1.54) is 57.8 Å². The van der Waals surface area contributed by atoms with Crippen LogP contribution in [-0.2, 0) is 32.7 Å². The monoisotopic (exact) mass is 1400 g/mol. The Morgan fingerprint density at radius 2 is 0.540 bits per heavy atom. The third-order valence-electron chi connectivity index (χ3n) is 15.7. The molecule has 0 spiro atoms. The van der Waals surface area contributed by atoms with E-state index in [2.05, 4.69) is 245 Å². The minimum Gasteiger partial charge on any atom is -0.756 e. The lowest BCUT2D eigenvalue weighted by Crippen LogP contribution is -2.37. The van der Waals surface area contributed by atoms with Crippen LogP contribution in [-0.4, -0.2) is 70.0 Å². The van der Waals surface area contributed by atoms with Crippen LogP contribution in [0.15, 0.2) is 231 Å². The lowest BCUT2D eigenvalue weighted by Gasteiger charge is -2.28. The fourth-order valence-electron chi connectivity index (χ4n) is 9.79. The molecule has 0 bridgehead atoms. The molecule has 0 rings (SSSR count). The Kier molecular flexibility index (Phi) is 72.7.